The molecule has 1 amide bonds. The first-order valence-electron chi connectivity index (χ1n) is 10.1. The van der Waals surface area contributed by atoms with Crippen LogP contribution in [0.1, 0.15) is 24.3 Å². The molecule has 6 nitrogen and oxygen atoms in total. The van der Waals surface area contributed by atoms with Gasteiger partial charge in [0.25, 0.3) is 0 Å². The fourth-order valence-corrected chi connectivity index (χ4v) is 5.82. The van der Waals surface area contributed by atoms with Gasteiger partial charge in [-0.3, -0.25) is 4.79 Å². The maximum Gasteiger partial charge on any atom is 0.243 e. The lowest BCUT2D eigenvalue weighted by Gasteiger charge is -2.24. The number of ether oxygens (including phenoxy) is 1. The highest BCUT2D eigenvalue weighted by atomic mass is 32.2. The molecule has 2 aliphatic rings. The van der Waals surface area contributed by atoms with Gasteiger partial charge >= 0.3 is 0 Å². The lowest BCUT2D eigenvalue weighted by Crippen LogP contribution is -2.37. The molecule has 0 N–H and O–H groups in total. The third kappa shape index (κ3) is 3.94. The van der Waals surface area contributed by atoms with Crippen molar-refractivity contribution in [1.82, 2.24) is 9.21 Å². The molecule has 0 bridgehead atoms. The average molecular weight is 433 g/mol. The Hall–Kier alpha value is -2.45. The first-order chi connectivity index (χ1) is 14.4. The van der Waals surface area contributed by atoms with Crippen LogP contribution in [0.25, 0.3) is 0 Å². The van der Waals surface area contributed by atoms with Crippen LogP contribution in [0.15, 0.2) is 53.4 Å². The second kappa shape index (κ2) is 8.35. The van der Waals surface area contributed by atoms with Gasteiger partial charge in [-0.1, -0.05) is 12.1 Å². The zero-order valence-corrected chi connectivity index (χ0v) is 17.6. The Morgan fingerprint density at radius 3 is 2.23 bits per heavy atom. The number of amides is 1. The number of likely N-dealkylation sites (tertiary alicyclic amines) is 1. The predicted octanol–water partition coefficient (Wildman–Crippen LogP) is 2.86. The largest absolute Gasteiger partial charge is 0.497 e. The number of hydrogen-bond acceptors (Lipinski definition) is 4. The summed E-state index contributed by atoms with van der Waals surface area (Å²) < 4.78 is 46.4. The molecular weight excluding hydrogens is 407 g/mol. The molecule has 2 fully saturated rings. The number of nitrogens with zero attached hydrogens (tertiary/aromatic N) is 2. The molecule has 8 heteroatoms. The van der Waals surface area contributed by atoms with Gasteiger partial charge in [0.1, 0.15) is 11.6 Å². The normalized spacial score (nSPS) is 22.4. The number of sulfonamides is 1. The summed E-state index contributed by atoms with van der Waals surface area (Å²) in [5, 5.41) is 0. The molecule has 0 spiro atoms. The highest BCUT2D eigenvalue weighted by molar-refractivity contribution is 7.89. The van der Waals surface area contributed by atoms with Crippen LogP contribution in [0.5, 0.6) is 5.75 Å². The molecule has 0 aliphatic carbocycles. The Morgan fingerprint density at radius 1 is 1.00 bits per heavy atom. The molecule has 4 rings (SSSR count). The van der Waals surface area contributed by atoms with E-state index in [1.807, 2.05) is 4.90 Å². The zero-order chi connectivity index (χ0) is 21.3. The van der Waals surface area contributed by atoms with E-state index in [1.165, 1.54) is 35.7 Å². The van der Waals surface area contributed by atoms with Crippen molar-refractivity contribution in [2.45, 2.75) is 23.7 Å². The van der Waals surface area contributed by atoms with E-state index in [2.05, 4.69) is 0 Å². The van der Waals surface area contributed by atoms with Crippen molar-refractivity contribution in [3.05, 3.63) is 59.9 Å². The highest BCUT2D eigenvalue weighted by Gasteiger charge is 2.45. The number of rotatable bonds is 5. The van der Waals surface area contributed by atoms with Crippen molar-refractivity contribution < 1.29 is 22.3 Å². The molecule has 2 heterocycles. The minimum atomic E-state index is -3.77. The van der Waals surface area contributed by atoms with Crippen molar-refractivity contribution in [3.8, 4) is 5.75 Å². The van der Waals surface area contributed by atoms with E-state index in [0.717, 1.165) is 18.4 Å². The maximum absolute atomic E-state index is 13.4. The molecule has 2 atom stereocenters. The van der Waals surface area contributed by atoms with Crippen LogP contribution in [0.2, 0.25) is 0 Å². The minimum Gasteiger partial charge on any atom is -0.497 e. The summed E-state index contributed by atoms with van der Waals surface area (Å²) in [5.74, 6) is -0.605. The molecular formula is C22H25FN2O4S. The topological polar surface area (TPSA) is 66.9 Å². The van der Waals surface area contributed by atoms with Crippen molar-refractivity contribution >= 4 is 15.9 Å². The van der Waals surface area contributed by atoms with E-state index in [4.69, 9.17) is 4.74 Å². The van der Waals surface area contributed by atoms with E-state index in [1.54, 1.807) is 24.3 Å². The van der Waals surface area contributed by atoms with Crippen LogP contribution in [0.4, 0.5) is 4.39 Å². The molecule has 30 heavy (non-hydrogen) atoms. The highest BCUT2D eigenvalue weighted by Crippen LogP contribution is 2.37. The number of hydrogen-bond donors (Lipinski definition) is 0. The molecule has 160 valence electrons. The van der Waals surface area contributed by atoms with Crippen LogP contribution in [-0.4, -0.2) is 56.8 Å². The number of benzene rings is 2. The number of halogens is 1. The quantitative estimate of drug-likeness (QED) is 0.729. The van der Waals surface area contributed by atoms with Gasteiger partial charge in [-0.25, -0.2) is 12.8 Å². The first-order valence-corrected chi connectivity index (χ1v) is 11.5. The van der Waals surface area contributed by atoms with Gasteiger partial charge < -0.3 is 9.64 Å². The van der Waals surface area contributed by atoms with Crippen molar-refractivity contribution in [2.24, 2.45) is 5.92 Å². The summed E-state index contributed by atoms with van der Waals surface area (Å²) in [4.78, 5) is 15.2. The van der Waals surface area contributed by atoms with Crippen LogP contribution in [0.3, 0.4) is 0 Å². The van der Waals surface area contributed by atoms with Crippen molar-refractivity contribution in [1.29, 1.82) is 0 Å². The van der Waals surface area contributed by atoms with Gasteiger partial charge in [-0.2, -0.15) is 4.31 Å². The first kappa shape index (κ1) is 20.8. The van der Waals surface area contributed by atoms with Gasteiger partial charge in [0.2, 0.25) is 15.9 Å². The zero-order valence-electron chi connectivity index (χ0n) is 16.8. The van der Waals surface area contributed by atoms with Crippen LogP contribution < -0.4 is 4.74 Å². The molecule has 2 aromatic carbocycles. The average Bonchev–Trinajstić information content (AvgIpc) is 3.44. The van der Waals surface area contributed by atoms with E-state index in [0.29, 0.717) is 18.8 Å². The summed E-state index contributed by atoms with van der Waals surface area (Å²) in [6, 6.07) is 12.2. The third-order valence-electron chi connectivity index (χ3n) is 6.02. The van der Waals surface area contributed by atoms with Gasteiger partial charge in [0.15, 0.2) is 0 Å². The molecule has 0 radical (unpaired) electrons. The summed E-state index contributed by atoms with van der Waals surface area (Å²) in [5.41, 5.74) is 0.779. The molecule has 2 aliphatic heterocycles. The molecule has 0 saturated carbocycles. The number of carbonyl (C=O) groups is 1. The standard InChI is InChI=1S/C22H25FN2O4S/c1-29-18-8-10-19(11-9-18)30(27,28)25-14-20(16-4-6-17(23)7-5-16)21(15-25)22(26)24-12-2-3-13-24/h4-11,20-21H,2-3,12-15H2,1H3/t20-,21+/m1/s1. The Kier molecular flexibility index (Phi) is 5.79. The summed E-state index contributed by atoms with van der Waals surface area (Å²) in [7, 11) is -2.25. The Bertz CT molecular complexity index is 1000. The molecule has 0 unspecified atom stereocenters. The summed E-state index contributed by atoms with van der Waals surface area (Å²) >= 11 is 0. The second-order valence-corrected chi connectivity index (χ2v) is 9.73. The van der Waals surface area contributed by atoms with Crippen LogP contribution in [0, 0.1) is 11.7 Å². The fraction of sp³-hybridized carbons (Fsp3) is 0.409. The number of methoxy groups -OCH3 is 1. The molecule has 2 aromatic rings. The van der Waals surface area contributed by atoms with Crippen LogP contribution in [-0.2, 0) is 14.8 Å². The monoisotopic (exact) mass is 432 g/mol. The summed E-state index contributed by atoms with van der Waals surface area (Å²) in [6.45, 7) is 1.71. The smallest absolute Gasteiger partial charge is 0.243 e. The van der Waals surface area contributed by atoms with Gasteiger partial charge in [0, 0.05) is 32.1 Å². The Morgan fingerprint density at radius 2 is 1.63 bits per heavy atom. The van der Waals surface area contributed by atoms with Crippen molar-refractivity contribution in [3.63, 3.8) is 0 Å². The second-order valence-electron chi connectivity index (χ2n) is 7.79. The van der Waals surface area contributed by atoms with Gasteiger partial charge in [-0.15, -0.1) is 0 Å². The lowest BCUT2D eigenvalue weighted by molar-refractivity contribution is -0.134. The Balaban J connectivity index is 1.64. The van der Waals surface area contributed by atoms with Gasteiger partial charge in [-0.05, 0) is 54.8 Å². The molecule has 2 saturated heterocycles. The third-order valence-corrected chi connectivity index (χ3v) is 7.86. The van der Waals surface area contributed by atoms with E-state index in [-0.39, 0.29) is 35.6 Å². The number of carbonyl (C=O) groups excluding carboxylic acids is 1. The SMILES string of the molecule is COc1ccc(S(=O)(=O)N2C[C@H](C(=O)N3CCCC3)[C@@H](c3ccc(F)cc3)C2)cc1. The summed E-state index contributed by atoms with van der Waals surface area (Å²) in [6.07, 6.45) is 1.93. The van der Waals surface area contributed by atoms with Crippen molar-refractivity contribution in [2.75, 3.05) is 33.3 Å². The molecule has 0 aromatic heterocycles. The van der Waals surface area contributed by atoms with E-state index < -0.39 is 15.9 Å². The minimum absolute atomic E-state index is 0.0192. The maximum atomic E-state index is 13.4. The van der Waals surface area contributed by atoms with Gasteiger partial charge in [0.05, 0.1) is 17.9 Å². The van der Waals surface area contributed by atoms with E-state index in [9.17, 15) is 17.6 Å². The fourth-order valence-electron chi connectivity index (χ4n) is 4.33. The Labute approximate surface area is 176 Å². The van der Waals surface area contributed by atoms with Crippen LogP contribution >= 0.6 is 0 Å². The predicted molar refractivity (Wildman–Crippen MR) is 110 cm³/mol. The lowest BCUT2D eigenvalue weighted by atomic mass is 9.88. The van der Waals surface area contributed by atoms with E-state index >= 15 is 0 Å².